The maximum atomic E-state index is 12.6. The standard InChI is InChI=1S/C21H25N5O2/c1-2-28-19-8-3-6-17(14-19)16-24-21(27)26-11-5-10-25(12-13-26)20-18(15-22)7-4-9-23-20/h3-4,6-9,14H,2,5,10-13,16H2,1H3,(H,24,27). The van der Waals surface area contributed by atoms with Crippen LogP contribution in [0.2, 0.25) is 0 Å². The molecule has 0 aliphatic carbocycles. The Bertz CT molecular complexity index is 849. The monoisotopic (exact) mass is 379 g/mol. The summed E-state index contributed by atoms with van der Waals surface area (Å²) in [5, 5.41) is 12.3. The van der Waals surface area contributed by atoms with E-state index < -0.39 is 0 Å². The van der Waals surface area contributed by atoms with Crippen LogP contribution in [0.4, 0.5) is 10.6 Å². The largest absolute Gasteiger partial charge is 0.494 e. The number of anilines is 1. The molecule has 0 radical (unpaired) electrons. The molecule has 0 bridgehead atoms. The Hall–Kier alpha value is -3.27. The van der Waals surface area contributed by atoms with E-state index in [0.717, 1.165) is 24.3 Å². The third kappa shape index (κ3) is 4.92. The number of benzene rings is 1. The third-order valence-corrected chi connectivity index (χ3v) is 4.64. The molecule has 7 nitrogen and oxygen atoms in total. The molecule has 146 valence electrons. The summed E-state index contributed by atoms with van der Waals surface area (Å²) >= 11 is 0. The third-order valence-electron chi connectivity index (χ3n) is 4.64. The summed E-state index contributed by atoms with van der Waals surface area (Å²) in [6, 6.07) is 13.4. The Balaban J connectivity index is 1.56. The number of urea groups is 1. The number of hydrogen-bond acceptors (Lipinski definition) is 5. The molecule has 1 aromatic carbocycles. The fraction of sp³-hybridized carbons (Fsp3) is 0.381. The van der Waals surface area contributed by atoms with Crippen molar-refractivity contribution in [1.82, 2.24) is 15.2 Å². The molecule has 1 N–H and O–H groups in total. The van der Waals surface area contributed by atoms with E-state index in [0.29, 0.717) is 44.2 Å². The van der Waals surface area contributed by atoms with Crippen LogP contribution in [0, 0.1) is 11.3 Å². The van der Waals surface area contributed by atoms with Gasteiger partial charge in [-0.25, -0.2) is 9.78 Å². The van der Waals surface area contributed by atoms with Crippen molar-refractivity contribution in [2.45, 2.75) is 19.9 Å². The number of nitrogens with one attached hydrogen (secondary N) is 1. The van der Waals surface area contributed by atoms with Crippen LogP contribution < -0.4 is 15.0 Å². The molecule has 28 heavy (non-hydrogen) atoms. The smallest absolute Gasteiger partial charge is 0.317 e. The Morgan fingerprint density at radius 1 is 1.25 bits per heavy atom. The van der Waals surface area contributed by atoms with Crippen molar-refractivity contribution in [2.24, 2.45) is 0 Å². The molecule has 2 amide bonds. The topological polar surface area (TPSA) is 81.5 Å². The molecule has 3 rings (SSSR count). The summed E-state index contributed by atoms with van der Waals surface area (Å²) in [5.41, 5.74) is 1.57. The van der Waals surface area contributed by atoms with Crippen LogP contribution in [0.5, 0.6) is 5.75 Å². The van der Waals surface area contributed by atoms with Crippen LogP contribution in [0.1, 0.15) is 24.5 Å². The van der Waals surface area contributed by atoms with Gasteiger partial charge in [-0.3, -0.25) is 0 Å². The summed E-state index contributed by atoms with van der Waals surface area (Å²) in [6.07, 6.45) is 2.52. The summed E-state index contributed by atoms with van der Waals surface area (Å²) in [4.78, 5) is 20.9. The van der Waals surface area contributed by atoms with Crippen molar-refractivity contribution < 1.29 is 9.53 Å². The average Bonchev–Trinajstić information content (AvgIpc) is 2.99. The number of carbonyl (C=O) groups is 1. The van der Waals surface area contributed by atoms with Gasteiger partial charge in [-0.05, 0) is 43.2 Å². The van der Waals surface area contributed by atoms with Gasteiger partial charge in [0.05, 0.1) is 12.2 Å². The van der Waals surface area contributed by atoms with Crippen LogP contribution in [0.25, 0.3) is 0 Å². The van der Waals surface area contributed by atoms with Crippen molar-refractivity contribution >= 4 is 11.8 Å². The Morgan fingerprint density at radius 2 is 2.14 bits per heavy atom. The molecular formula is C21H25N5O2. The highest BCUT2D eigenvalue weighted by Gasteiger charge is 2.21. The Kier molecular flexibility index (Phi) is 6.68. The van der Waals surface area contributed by atoms with Crippen molar-refractivity contribution in [2.75, 3.05) is 37.7 Å². The first kappa shape index (κ1) is 19.5. The van der Waals surface area contributed by atoms with Gasteiger partial charge in [-0.1, -0.05) is 12.1 Å². The van der Waals surface area contributed by atoms with Crippen molar-refractivity contribution in [3.8, 4) is 11.8 Å². The molecule has 7 heteroatoms. The van der Waals surface area contributed by atoms with Gasteiger partial charge >= 0.3 is 6.03 Å². The zero-order chi connectivity index (χ0) is 19.8. The summed E-state index contributed by atoms with van der Waals surface area (Å²) in [5.74, 6) is 1.50. The summed E-state index contributed by atoms with van der Waals surface area (Å²) in [6.45, 7) is 5.71. The molecule has 2 heterocycles. The van der Waals surface area contributed by atoms with Crippen LogP contribution in [-0.2, 0) is 6.54 Å². The first-order valence-electron chi connectivity index (χ1n) is 9.56. The van der Waals surface area contributed by atoms with E-state index in [1.54, 1.807) is 18.3 Å². The van der Waals surface area contributed by atoms with E-state index >= 15 is 0 Å². The molecule has 1 aliphatic heterocycles. The fourth-order valence-electron chi connectivity index (χ4n) is 3.27. The Labute approximate surface area is 165 Å². The number of rotatable bonds is 5. The molecule has 2 aromatic rings. The normalized spacial score (nSPS) is 14.1. The van der Waals surface area contributed by atoms with Gasteiger partial charge in [0.15, 0.2) is 0 Å². The van der Waals surface area contributed by atoms with Crippen molar-refractivity contribution in [3.63, 3.8) is 0 Å². The minimum atomic E-state index is -0.0785. The highest BCUT2D eigenvalue weighted by molar-refractivity contribution is 5.74. The quantitative estimate of drug-likeness (QED) is 0.864. The molecular weight excluding hydrogens is 354 g/mol. The van der Waals surface area contributed by atoms with Gasteiger partial charge in [-0.2, -0.15) is 5.26 Å². The first-order chi connectivity index (χ1) is 13.7. The SMILES string of the molecule is CCOc1cccc(CNC(=O)N2CCCN(c3ncccc3C#N)CC2)c1. The molecule has 0 atom stereocenters. The number of carbonyl (C=O) groups excluding carboxylic acids is 1. The van der Waals surface area contributed by atoms with Gasteiger partial charge in [0.25, 0.3) is 0 Å². The first-order valence-corrected chi connectivity index (χ1v) is 9.56. The predicted octanol–water partition coefficient (Wildman–Crippen LogP) is 2.77. The highest BCUT2D eigenvalue weighted by atomic mass is 16.5. The maximum absolute atomic E-state index is 12.6. The van der Waals surface area contributed by atoms with Gasteiger partial charge in [0.1, 0.15) is 17.6 Å². The lowest BCUT2D eigenvalue weighted by molar-refractivity contribution is 0.201. The van der Waals surface area contributed by atoms with E-state index in [9.17, 15) is 10.1 Å². The number of aromatic nitrogens is 1. The van der Waals surface area contributed by atoms with Crippen LogP contribution in [0.15, 0.2) is 42.6 Å². The lowest BCUT2D eigenvalue weighted by Crippen LogP contribution is -2.41. The van der Waals surface area contributed by atoms with Crippen molar-refractivity contribution in [3.05, 3.63) is 53.7 Å². The lowest BCUT2D eigenvalue weighted by atomic mass is 10.2. The predicted molar refractivity (Wildman–Crippen MR) is 107 cm³/mol. The van der Waals surface area contributed by atoms with Gasteiger partial charge in [-0.15, -0.1) is 0 Å². The van der Waals surface area contributed by atoms with E-state index in [4.69, 9.17) is 4.74 Å². The number of hydrogen-bond donors (Lipinski definition) is 1. The number of nitrogens with zero attached hydrogens (tertiary/aromatic N) is 4. The molecule has 0 spiro atoms. The molecule has 1 aromatic heterocycles. The van der Waals surface area contributed by atoms with E-state index in [1.165, 1.54) is 0 Å². The lowest BCUT2D eigenvalue weighted by Gasteiger charge is -2.23. The second-order valence-electron chi connectivity index (χ2n) is 6.55. The second kappa shape index (κ2) is 9.60. The highest BCUT2D eigenvalue weighted by Crippen LogP contribution is 2.18. The molecule has 1 aliphatic rings. The fourth-order valence-corrected chi connectivity index (χ4v) is 3.27. The number of amides is 2. The number of nitriles is 1. The van der Waals surface area contributed by atoms with Crippen LogP contribution in [0.3, 0.4) is 0 Å². The minimum Gasteiger partial charge on any atom is -0.494 e. The second-order valence-corrected chi connectivity index (χ2v) is 6.55. The van der Waals surface area contributed by atoms with Crippen LogP contribution >= 0.6 is 0 Å². The summed E-state index contributed by atoms with van der Waals surface area (Å²) in [7, 11) is 0. The Morgan fingerprint density at radius 3 is 2.96 bits per heavy atom. The van der Waals surface area contributed by atoms with Crippen LogP contribution in [-0.4, -0.2) is 48.7 Å². The molecule has 0 unspecified atom stereocenters. The van der Waals surface area contributed by atoms with E-state index in [2.05, 4.69) is 21.3 Å². The van der Waals surface area contributed by atoms with Gasteiger partial charge < -0.3 is 19.9 Å². The van der Waals surface area contributed by atoms with Gasteiger partial charge in [0.2, 0.25) is 0 Å². The number of ether oxygens (including phenoxy) is 1. The zero-order valence-corrected chi connectivity index (χ0v) is 16.1. The maximum Gasteiger partial charge on any atom is 0.317 e. The molecule has 1 saturated heterocycles. The molecule has 0 saturated carbocycles. The zero-order valence-electron chi connectivity index (χ0n) is 16.1. The van der Waals surface area contributed by atoms with Crippen molar-refractivity contribution in [1.29, 1.82) is 5.26 Å². The minimum absolute atomic E-state index is 0.0785. The summed E-state index contributed by atoms with van der Waals surface area (Å²) < 4.78 is 5.50. The van der Waals surface area contributed by atoms with Gasteiger partial charge in [0, 0.05) is 38.9 Å². The van der Waals surface area contributed by atoms with E-state index in [-0.39, 0.29) is 6.03 Å². The van der Waals surface area contributed by atoms with E-state index in [1.807, 2.05) is 36.1 Å². The molecule has 1 fully saturated rings. The number of pyridine rings is 1. The average molecular weight is 379 g/mol.